The second-order valence-corrected chi connectivity index (χ2v) is 7.38. The Morgan fingerprint density at radius 3 is 2.79 bits per heavy atom. The zero-order valence-corrected chi connectivity index (χ0v) is 18.3. The molecule has 2 aromatic carbocycles. The molecular formula is C23H19N5O6. The van der Waals surface area contributed by atoms with Crippen molar-refractivity contribution >= 4 is 28.5 Å². The first-order chi connectivity index (χ1) is 16.5. The number of fused-ring (bicyclic) bond motifs is 2. The van der Waals surface area contributed by atoms with Crippen molar-refractivity contribution in [1.82, 2.24) is 19.7 Å². The molecule has 0 radical (unpaired) electrons. The van der Waals surface area contributed by atoms with E-state index in [2.05, 4.69) is 20.4 Å². The van der Waals surface area contributed by atoms with Gasteiger partial charge in [-0.1, -0.05) is 6.07 Å². The van der Waals surface area contributed by atoms with Crippen LogP contribution in [0.25, 0.3) is 10.9 Å². The molecule has 1 aliphatic rings. The van der Waals surface area contributed by atoms with E-state index < -0.39 is 5.97 Å². The highest BCUT2D eigenvalue weighted by molar-refractivity contribution is 5.97. The van der Waals surface area contributed by atoms with E-state index in [-0.39, 0.29) is 19.1 Å². The number of hydrogen-bond donors (Lipinski definition) is 1. The van der Waals surface area contributed by atoms with Gasteiger partial charge in [-0.25, -0.2) is 14.8 Å². The Balaban J connectivity index is 1.29. The summed E-state index contributed by atoms with van der Waals surface area (Å²) in [4.78, 5) is 32.6. The smallest absolute Gasteiger partial charge is 0.338 e. The van der Waals surface area contributed by atoms with Crippen molar-refractivity contribution < 1.29 is 28.5 Å². The number of esters is 1. The molecule has 3 heterocycles. The summed E-state index contributed by atoms with van der Waals surface area (Å²) in [5.41, 5.74) is 2.37. The minimum atomic E-state index is -0.395. The summed E-state index contributed by atoms with van der Waals surface area (Å²) < 4.78 is 23.0. The first-order valence-electron chi connectivity index (χ1n) is 10.2. The lowest BCUT2D eigenvalue weighted by Gasteiger charge is -2.10. The number of ether oxygens (including phenoxy) is 4. The number of methoxy groups -OCH3 is 2. The molecule has 0 bridgehead atoms. The first-order valence-corrected chi connectivity index (χ1v) is 10.2. The zero-order chi connectivity index (χ0) is 23.7. The van der Waals surface area contributed by atoms with E-state index in [1.807, 2.05) is 0 Å². The number of amides is 1. The Morgan fingerprint density at radius 1 is 1.15 bits per heavy atom. The summed E-state index contributed by atoms with van der Waals surface area (Å²) in [6, 6.07) is 8.54. The fourth-order valence-electron chi connectivity index (χ4n) is 3.57. The molecule has 0 saturated heterocycles. The van der Waals surface area contributed by atoms with Gasteiger partial charge >= 0.3 is 5.97 Å². The van der Waals surface area contributed by atoms with Crippen LogP contribution in [0, 0.1) is 0 Å². The summed E-state index contributed by atoms with van der Waals surface area (Å²) in [6.45, 7) is 0.195. The van der Waals surface area contributed by atoms with Gasteiger partial charge in [-0.05, 0) is 18.2 Å². The van der Waals surface area contributed by atoms with Gasteiger partial charge in [0.25, 0.3) is 0 Å². The maximum absolute atomic E-state index is 12.5. The molecule has 11 heteroatoms. The largest absolute Gasteiger partial charge is 0.493 e. The van der Waals surface area contributed by atoms with Crippen LogP contribution in [-0.4, -0.2) is 45.8 Å². The maximum atomic E-state index is 12.5. The molecule has 5 rings (SSSR count). The zero-order valence-electron chi connectivity index (χ0n) is 18.3. The molecule has 1 N–H and O–H groups in total. The fourth-order valence-corrected chi connectivity index (χ4v) is 3.57. The predicted molar refractivity (Wildman–Crippen MR) is 119 cm³/mol. The normalized spacial score (nSPS) is 12.2. The highest BCUT2D eigenvalue weighted by Crippen LogP contribution is 2.35. The number of rotatable bonds is 7. The van der Waals surface area contributed by atoms with E-state index in [1.54, 1.807) is 43.6 Å². The van der Waals surface area contributed by atoms with E-state index in [4.69, 9.17) is 18.9 Å². The molecule has 0 aliphatic carbocycles. The number of nitrogens with zero attached hydrogens (tertiary/aromatic N) is 4. The average Bonchev–Trinajstić information content (AvgIpc) is 3.44. The van der Waals surface area contributed by atoms with E-state index in [0.29, 0.717) is 45.3 Å². The van der Waals surface area contributed by atoms with Gasteiger partial charge in [-0.15, -0.1) is 0 Å². The third kappa shape index (κ3) is 4.06. The topological polar surface area (TPSA) is 127 Å². The number of carbonyl (C=O) groups excluding carboxylic acids is 2. The summed E-state index contributed by atoms with van der Waals surface area (Å²) in [7, 11) is 3.09. The summed E-state index contributed by atoms with van der Waals surface area (Å²) in [5, 5.41) is 7.55. The predicted octanol–water partition coefficient (Wildman–Crippen LogP) is 2.94. The second-order valence-electron chi connectivity index (χ2n) is 7.38. The SMILES string of the molecule is COc1cc2ncnc(Oc3cnn(CC(=O)Nc4ccc5c(c4)C(=O)OC5)c3)c2cc1OC. The van der Waals surface area contributed by atoms with Crippen LogP contribution in [0.2, 0.25) is 0 Å². The molecule has 0 atom stereocenters. The standard InChI is InChI=1S/C23H19N5O6/c1-31-19-6-17-18(7-20(19)32-2)24-12-25-22(17)34-15-8-26-28(9-15)10-21(29)27-14-4-3-13-11-33-23(30)16(13)5-14/h3-9,12H,10-11H2,1-2H3,(H,27,29). The molecule has 0 spiro atoms. The third-order valence-corrected chi connectivity index (χ3v) is 5.21. The van der Waals surface area contributed by atoms with Gasteiger partial charge in [0.05, 0.1) is 43.1 Å². The molecule has 0 saturated carbocycles. The van der Waals surface area contributed by atoms with Crippen molar-refractivity contribution in [2.24, 2.45) is 0 Å². The van der Waals surface area contributed by atoms with E-state index in [0.717, 1.165) is 5.56 Å². The number of anilines is 1. The molecule has 2 aromatic heterocycles. The summed E-state index contributed by atoms with van der Waals surface area (Å²) in [5.74, 6) is 1.04. The highest BCUT2D eigenvalue weighted by atomic mass is 16.5. The van der Waals surface area contributed by atoms with Crippen LogP contribution >= 0.6 is 0 Å². The molecule has 34 heavy (non-hydrogen) atoms. The number of hydrogen-bond acceptors (Lipinski definition) is 9. The first kappa shape index (κ1) is 21.2. The minimum absolute atomic E-state index is 0.0551. The molecule has 1 amide bonds. The van der Waals surface area contributed by atoms with Crippen LogP contribution in [0.5, 0.6) is 23.1 Å². The van der Waals surface area contributed by atoms with Crippen molar-refractivity contribution in [3.8, 4) is 23.1 Å². The van der Waals surface area contributed by atoms with Crippen molar-refractivity contribution in [3.05, 3.63) is 60.2 Å². The van der Waals surface area contributed by atoms with Gasteiger partial charge in [0, 0.05) is 17.3 Å². The Morgan fingerprint density at radius 2 is 1.97 bits per heavy atom. The van der Waals surface area contributed by atoms with Gasteiger partial charge in [-0.2, -0.15) is 5.10 Å². The highest BCUT2D eigenvalue weighted by Gasteiger charge is 2.21. The van der Waals surface area contributed by atoms with Crippen LogP contribution in [-0.2, 0) is 22.7 Å². The van der Waals surface area contributed by atoms with Crippen LogP contribution in [0.1, 0.15) is 15.9 Å². The second kappa shape index (κ2) is 8.70. The number of carbonyl (C=O) groups is 2. The van der Waals surface area contributed by atoms with Gasteiger partial charge in [-0.3, -0.25) is 9.48 Å². The minimum Gasteiger partial charge on any atom is -0.493 e. The van der Waals surface area contributed by atoms with Crippen LogP contribution in [0.3, 0.4) is 0 Å². The lowest BCUT2D eigenvalue weighted by molar-refractivity contribution is -0.116. The average molecular weight is 461 g/mol. The number of benzene rings is 2. The van der Waals surface area contributed by atoms with Crippen molar-refractivity contribution in [2.45, 2.75) is 13.2 Å². The number of aromatic nitrogens is 4. The van der Waals surface area contributed by atoms with Crippen molar-refractivity contribution in [1.29, 1.82) is 0 Å². The lowest BCUT2D eigenvalue weighted by atomic mass is 10.1. The van der Waals surface area contributed by atoms with Gasteiger partial charge < -0.3 is 24.3 Å². The molecule has 1 aliphatic heterocycles. The van der Waals surface area contributed by atoms with Gasteiger partial charge in [0.15, 0.2) is 17.2 Å². The Labute approximate surface area is 193 Å². The lowest BCUT2D eigenvalue weighted by Crippen LogP contribution is -2.19. The molecule has 11 nitrogen and oxygen atoms in total. The Bertz CT molecular complexity index is 1420. The summed E-state index contributed by atoms with van der Waals surface area (Å²) in [6.07, 6.45) is 4.44. The third-order valence-electron chi connectivity index (χ3n) is 5.21. The van der Waals surface area contributed by atoms with Crippen LogP contribution in [0.15, 0.2) is 49.1 Å². The van der Waals surface area contributed by atoms with Crippen LogP contribution < -0.4 is 19.5 Å². The summed E-state index contributed by atoms with van der Waals surface area (Å²) >= 11 is 0. The quantitative estimate of drug-likeness (QED) is 0.413. The van der Waals surface area contributed by atoms with Gasteiger partial charge in [0.1, 0.15) is 19.5 Å². The van der Waals surface area contributed by atoms with Crippen molar-refractivity contribution in [3.63, 3.8) is 0 Å². The monoisotopic (exact) mass is 461 g/mol. The molecular weight excluding hydrogens is 442 g/mol. The van der Waals surface area contributed by atoms with Gasteiger partial charge in [0.2, 0.25) is 11.8 Å². The molecule has 172 valence electrons. The van der Waals surface area contributed by atoms with E-state index in [9.17, 15) is 9.59 Å². The van der Waals surface area contributed by atoms with Crippen LogP contribution in [0.4, 0.5) is 5.69 Å². The fraction of sp³-hybridized carbons (Fsp3) is 0.174. The molecule has 4 aromatic rings. The van der Waals surface area contributed by atoms with E-state index >= 15 is 0 Å². The van der Waals surface area contributed by atoms with E-state index in [1.165, 1.54) is 24.3 Å². The number of cyclic esters (lactones) is 1. The molecule has 0 unspecified atom stereocenters. The number of nitrogens with one attached hydrogen (secondary N) is 1. The maximum Gasteiger partial charge on any atom is 0.338 e. The van der Waals surface area contributed by atoms with Crippen molar-refractivity contribution in [2.75, 3.05) is 19.5 Å². The Kier molecular flexibility index (Phi) is 5.42. The molecule has 0 fully saturated rings. The Hall–Kier alpha value is -4.67.